The average molecular weight is 473 g/mol. The monoisotopic (exact) mass is 473 g/mol. The van der Waals surface area contributed by atoms with Crippen LogP contribution in [0.25, 0.3) is 0 Å². The molecule has 6 nitrogen and oxygen atoms in total. The van der Waals surface area contributed by atoms with Crippen molar-refractivity contribution < 1.29 is 4.74 Å². The third-order valence-corrected chi connectivity index (χ3v) is 5.14. The van der Waals surface area contributed by atoms with Gasteiger partial charge in [0, 0.05) is 65.6 Å². The number of guanidine groups is 1. The molecule has 0 aromatic heterocycles. The molecule has 0 radical (unpaired) electrons. The summed E-state index contributed by atoms with van der Waals surface area (Å²) in [5, 5.41) is 3.52. The van der Waals surface area contributed by atoms with E-state index in [2.05, 4.69) is 63.4 Å². The van der Waals surface area contributed by atoms with Crippen LogP contribution in [0.15, 0.2) is 29.3 Å². The molecule has 146 valence electrons. The Morgan fingerprint density at radius 3 is 2.50 bits per heavy atom. The first-order valence-corrected chi connectivity index (χ1v) is 9.21. The van der Waals surface area contributed by atoms with Crippen molar-refractivity contribution in [1.82, 2.24) is 15.1 Å². The maximum Gasteiger partial charge on any atom is 0.193 e. The highest BCUT2D eigenvalue weighted by molar-refractivity contribution is 14.0. The summed E-state index contributed by atoms with van der Waals surface area (Å²) in [7, 11) is 6.00. The van der Waals surface area contributed by atoms with Crippen molar-refractivity contribution in [1.29, 1.82) is 0 Å². The molecule has 0 aliphatic carbocycles. The SMILES string of the molecule is CN=C(NCc1ccc(N(C)C)cc1)N1CCC(N2CCOCC2)C1.I. The number of hydrogen-bond acceptors (Lipinski definition) is 4. The summed E-state index contributed by atoms with van der Waals surface area (Å²) in [5.74, 6) is 1.01. The molecule has 7 heteroatoms. The standard InChI is InChI=1S/C19H31N5O.HI/c1-20-19(21-14-16-4-6-17(7-5-16)22(2)3)24-9-8-18(15-24)23-10-12-25-13-11-23;/h4-7,18H,8-15H2,1-3H3,(H,20,21);1H. The Balaban J connectivity index is 0.00000243. The van der Waals surface area contributed by atoms with Crippen LogP contribution in [0, 0.1) is 0 Å². The third-order valence-electron chi connectivity index (χ3n) is 5.14. The lowest BCUT2D eigenvalue weighted by atomic mass is 10.2. The summed E-state index contributed by atoms with van der Waals surface area (Å²) >= 11 is 0. The molecule has 1 aromatic rings. The fourth-order valence-electron chi connectivity index (χ4n) is 3.60. The van der Waals surface area contributed by atoms with Crippen molar-refractivity contribution >= 4 is 35.6 Å². The van der Waals surface area contributed by atoms with Gasteiger partial charge in [-0.15, -0.1) is 24.0 Å². The van der Waals surface area contributed by atoms with Crippen molar-refractivity contribution in [2.24, 2.45) is 4.99 Å². The van der Waals surface area contributed by atoms with Crippen LogP contribution in [-0.2, 0) is 11.3 Å². The molecule has 1 atom stereocenters. The number of hydrogen-bond donors (Lipinski definition) is 1. The smallest absolute Gasteiger partial charge is 0.193 e. The number of rotatable bonds is 4. The predicted octanol–water partition coefficient (Wildman–Crippen LogP) is 1.85. The Morgan fingerprint density at radius 1 is 1.19 bits per heavy atom. The van der Waals surface area contributed by atoms with Gasteiger partial charge in [0.1, 0.15) is 0 Å². The van der Waals surface area contributed by atoms with Gasteiger partial charge in [0.25, 0.3) is 0 Å². The summed E-state index contributed by atoms with van der Waals surface area (Å²) in [6, 6.07) is 9.29. The maximum atomic E-state index is 5.47. The summed E-state index contributed by atoms with van der Waals surface area (Å²) < 4.78 is 5.47. The first kappa shape index (κ1) is 21.2. The van der Waals surface area contributed by atoms with Crippen LogP contribution < -0.4 is 10.2 Å². The van der Waals surface area contributed by atoms with Gasteiger partial charge >= 0.3 is 0 Å². The fraction of sp³-hybridized carbons (Fsp3) is 0.632. The highest BCUT2D eigenvalue weighted by atomic mass is 127. The quantitative estimate of drug-likeness (QED) is 0.411. The third kappa shape index (κ3) is 5.47. The van der Waals surface area contributed by atoms with Gasteiger partial charge in [-0.2, -0.15) is 0 Å². The number of morpholine rings is 1. The summed E-state index contributed by atoms with van der Waals surface area (Å²) in [5.41, 5.74) is 2.50. The zero-order valence-corrected chi connectivity index (χ0v) is 18.5. The highest BCUT2D eigenvalue weighted by Crippen LogP contribution is 2.17. The Labute approximate surface area is 174 Å². The van der Waals surface area contributed by atoms with Gasteiger partial charge in [0.2, 0.25) is 0 Å². The molecule has 0 spiro atoms. The largest absolute Gasteiger partial charge is 0.379 e. The van der Waals surface area contributed by atoms with E-state index < -0.39 is 0 Å². The highest BCUT2D eigenvalue weighted by Gasteiger charge is 2.30. The van der Waals surface area contributed by atoms with Crippen molar-refractivity contribution in [2.75, 3.05) is 65.4 Å². The van der Waals surface area contributed by atoms with E-state index in [1.54, 1.807) is 0 Å². The normalized spacial score (nSPS) is 21.4. The van der Waals surface area contributed by atoms with Crippen LogP contribution >= 0.6 is 24.0 Å². The molecular formula is C19H32IN5O. The Kier molecular flexibility index (Phi) is 8.43. The Bertz CT molecular complexity index is 572. The van der Waals surface area contributed by atoms with E-state index in [1.807, 2.05) is 7.05 Å². The number of nitrogens with one attached hydrogen (secondary N) is 1. The van der Waals surface area contributed by atoms with Crippen LogP contribution in [0.5, 0.6) is 0 Å². The topological polar surface area (TPSA) is 43.3 Å². The van der Waals surface area contributed by atoms with Gasteiger partial charge in [-0.25, -0.2) is 0 Å². The molecule has 2 aliphatic heterocycles. The lowest BCUT2D eigenvalue weighted by Gasteiger charge is -2.32. The molecule has 1 aromatic carbocycles. The minimum absolute atomic E-state index is 0. The van der Waals surface area contributed by atoms with Gasteiger partial charge < -0.3 is 19.9 Å². The first-order chi connectivity index (χ1) is 12.2. The molecule has 2 aliphatic rings. The lowest BCUT2D eigenvalue weighted by molar-refractivity contribution is 0.0195. The molecule has 3 rings (SSSR count). The maximum absolute atomic E-state index is 5.47. The number of nitrogens with zero attached hydrogens (tertiary/aromatic N) is 4. The van der Waals surface area contributed by atoms with Crippen molar-refractivity contribution in [3.8, 4) is 0 Å². The summed E-state index contributed by atoms with van der Waals surface area (Å²) in [4.78, 5) is 11.6. The molecule has 1 N–H and O–H groups in total. The molecule has 0 bridgehead atoms. The molecule has 2 saturated heterocycles. The molecule has 0 amide bonds. The van der Waals surface area contributed by atoms with E-state index in [1.165, 1.54) is 17.7 Å². The minimum atomic E-state index is 0. The van der Waals surface area contributed by atoms with Crippen LogP contribution in [0.1, 0.15) is 12.0 Å². The van der Waals surface area contributed by atoms with Crippen LogP contribution in [0.3, 0.4) is 0 Å². The Hall–Kier alpha value is -1.06. The molecular weight excluding hydrogens is 441 g/mol. The van der Waals surface area contributed by atoms with E-state index in [0.717, 1.165) is 51.9 Å². The predicted molar refractivity (Wildman–Crippen MR) is 119 cm³/mol. The van der Waals surface area contributed by atoms with E-state index >= 15 is 0 Å². The molecule has 1 unspecified atom stereocenters. The molecule has 2 heterocycles. The second kappa shape index (κ2) is 10.3. The number of likely N-dealkylation sites (tertiary alicyclic amines) is 1. The van der Waals surface area contributed by atoms with E-state index in [9.17, 15) is 0 Å². The second-order valence-corrected chi connectivity index (χ2v) is 7.00. The van der Waals surface area contributed by atoms with E-state index in [0.29, 0.717) is 6.04 Å². The number of benzene rings is 1. The van der Waals surface area contributed by atoms with Gasteiger partial charge in [-0.3, -0.25) is 9.89 Å². The van der Waals surface area contributed by atoms with Crippen LogP contribution in [-0.4, -0.2) is 82.3 Å². The lowest BCUT2D eigenvalue weighted by Crippen LogP contribution is -2.46. The van der Waals surface area contributed by atoms with Crippen LogP contribution in [0.4, 0.5) is 5.69 Å². The number of aliphatic imine (C=N–C) groups is 1. The average Bonchev–Trinajstić information content (AvgIpc) is 3.13. The van der Waals surface area contributed by atoms with Gasteiger partial charge in [0.05, 0.1) is 13.2 Å². The zero-order valence-electron chi connectivity index (χ0n) is 16.1. The molecule has 2 fully saturated rings. The van der Waals surface area contributed by atoms with E-state index in [4.69, 9.17) is 4.74 Å². The minimum Gasteiger partial charge on any atom is -0.379 e. The molecule has 0 saturated carbocycles. The molecule has 26 heavy (non-hydrogen) atoms. The van der Waals surface area contributed by atoms with Gasteiger partial charge in [-0.1, -0.05) is 12.1 Å². The first-order valence-electron chi connectivity index (χ1n) is 9.21. The van der Waals surface area contributed by atoms with E-state index in [-0.39, 0.29) is 24.0 Å². The number of anilines is 1. The van der Waals surface area contributed by atoms with Crippen molar-refractivity contribution in [3.05, 3.63) is 29.8 Å². The van der Waals surface area contributed by atoms with Gasteiger partial charge in [-0.05, 0) is 24.1 Å². The summed E-state index contributed by atoms with van der Waals surface area (Å²) in [6.07, 6.45) is 1.21. The van der Waals surface area contributed by atoms with Crippen LogP contribution in [0.2, 0.25) is 0 Å². The second-order valence-electron chi connectivity index (χ2n) is 7.00. The van der Waals surface area contributed by atoms with Crippen molar-refractivity contribution in [2.45, 2.75) is 19.0 Å². The summed E-state index contributed by atoms with van der Waals surface area (Å²) in [6.45, 7) is 6.78. The zero-order chi connectivity index (χ0) is 17.6. The Morgan fingerprint density at radius 2 is 1.88 bits per heavy atom. The number of ether oxygens (including phenoxy) is 1. The number of halogens is 1. The van der Waals surface area contributed by atoms with Gasteiger partial charge in [0.15, 0.2) is 5.96 Å². The fourth-order valence-corrected chi connectivity index (χ4v) is 3.60. The van der Waals surface area contributed by atoms with Crippen molar-refractivity contribution in [3.63, 3.8) is 0 Å².